The van der Waals surface area contributed by atoms with Gasteiger partial charge in [-0.15, -0.1) is 0 Å². The van der Waals surface area contributed by atoms with Crippen LogP contribution in [0.5, 0.6) is 11.5 Å². The molecule has 0 amide bonds. The number of rotatable bonds is 1. The summed E-state index contributed by atoms with van der Waals surface area (Å²) < 4.78 is 9.44. The summed E-state index contributed by atoms with van der Waals surface area (Å²) in [6, 6.07) is 4.60. The summed E-state index contributed by atoms with van der Waals surface area (Å²) in [5.74, 6) is 0.422. The van der Waals surface area contributed by atoms with Gasteiger partial charge in [0.05, 0.1) is 5.56 Å². The Morgan fingerprint density at radius 1 is 1.31 bits per heavy atom. The number of ether oxygens (including phenoxy) is 2. The first-order chi connectivity index (χ1) is 6.16. The first-order valence-corrected chi connectivity index (χ1v) is 3.71. The van der Waals surface area contributed by atoms with Crippen LogP contribution in [0.15, 0.2) is 18.2 Å². The summed E-state index contributed by atoms with van der Waals surface area (Å²) in [5.41, 5.74) is 0.364. The lowest BCUT2D eigenvalue weighted by atomic mass is 10.1. The number of fused-ring (bicyclic) bond motifs is 4. The maximum absolute atomic E-state index is 11.1. The third-order valence-corrected chi connectivity index (χ3v) is 1.72. The topological polar surface area (TPSA) is 52.6 Å². The molecule has 0 saturated heterocycles. The van der Waals surface area contributed by atoms with Crippen molar-refractivity contribution in [3.8, 4) is 11.5 Å². The highest BCUT2D eigenvalue weighted by Crippen LogP contribution is 2.28. The molecule has 0 aromatic heterocycles. The van der Waals surface area contributed by atoms with Crippen molar-refractivity contribution in [3.63, 3.8) is 0 Å². The normalized spacial score (nSPS) is 13.2. The lowest BCUT2D eigenvalue weighted by Gasteiger charge is -1.99. The van der Waals surface area contributed by atoms with Crippen molar-refractivity contribution in [1.82, 2.24) is 0 Å². The minimum absolute atomic E-state index is 0.157. The van der Waals surface area contributed by atoms with E-state index in [-0.39, 0.29) is 11.5 Å². The average Bonchev–Trinajstić information content (AvgIpc) is 2.31. The zero-order valence-corrected chi connectivity index (χ0v) is 6.87. The Bertz CT molecular complexity index is 395. The zero-order valence-electron chi connectivity index (χ0n) is 6.87. The second-order valence-electron chi connectivity index (χ2n) is 2.67. The lowest BCUT2D eigenvalue weighted by Crippen LogP contribution is -2.11. The largest absolute Gasteiger partial charge is 0.519 e. The number of hydrogen-bond donors (Lipinski definition) is 0. The maximum atomic E-state index is 11.1. The molecule has 13 heavy (non-hydrogen) atoms. The summed E-state index contributed by atoms with van der Waals surface area (Å²) in [5, 5.41) is 0. The van der Waals surface area contributed by atoms with E-state index in [0.717, 1.165) is 0 Å². The first-order valence-electron chi connectivity index (χ1n) is 3.71. The maximum Gasteiger partial charge on any atom is 0.519 e. The van der Waals surface area contributed by atoms with Crippen molar-refractivity contribution in [2.24, 2.45) is 0 Å². The predicted octanol–water partition coefficient (Wildman–Crippen LogP) is 1.78. The van der Waals surface area contributed by atoms with Crippen molar-refractivity contribution in [3.05, 3.63) is 23.8 Å². The Balaban J connectivity index is 2.59. The van der Waals surface area contributed by atoms with Crippen LogP contribution in [0.4, 0.5) is 4.79 Å². The fourth-order valence-electron chi connectivity index (χ4n) is 1.14. The van der Waals surface area contributed by atoms with Gasteiger partial charge in [0, 0.05) is 0 Å². The number of benzene rings is 1. The Morgan fingerprint density at radius 2 is 2.08 bits per heavy atom. The summed E-state index contributed by atoms with van der Waals surface area (Å²) in [6.45, 7) is 1.40. The molecule has 1 aromatic rings. The van der Waals surface area contributed by atoms with Crippen LogP contribution in [0.1, 0.15) is 17.3 Å². The van der Waals surface area contributed by atoms with Crippen molar-refractivity contribution >= 4 is 11.9 Å². The molecule has 2 aliphatic rings. The first kappa shape index (κ1) is 7.79. The SMILES string of the molecule is CC(=O)c1cc2ccc1OC(=O)O2. The molecule has 0 fully saturated rings. The van der Waals surface area contributed by atoms with E-state index in [1.54, 1.807) is 6.07 Å². The highest BCUT2D eigenvalue weighted by molar-refractivity contribution is 5.98. The fraction of sp³-hybridized carbons (Fsp3) is 0.111. The van der Waals surface area contributed by atoms with Gasteiger partial charge in [0.1, 0.15) is 11.5 Å². The van der Waals surface area contributed by atoms with E-state index in [1.165, 1.54) is 19.1 Å². The van der Waals surface area contributed by atoms with Gasteiger partial charge >= 0.3 is 6.16 Å². The van der Waals surface area contributed by atoms with E-state index in [9.17, 15) is 9.59 Å². The molecule has 1 aromatic carbocycles. The smallest absolute Gasteiger partial charge is 0.395 e. The quantitative estimate of drug-likeness (QED) is 0.373. The highest BCUT2D eigenvalue weighted by Gasteiger charge is 2.20. The molecule has 2 heterocycles. The average molecular weight is 178 g/mol. The van der Waals surface area contributed by atoms with E-state index < -0.39 is 6.16 Å². The number of ketones is 1. The second-order valence-corrected chi connectivity index (χ2v) is 2.67. The summed E-state index contributed by atoms with van der Waals surface area (Å²) >= 11 is 0. The molecule has 3 rings (SSSR count). The van der Waals surface area contributed by atoms with Crippen LogP contribution >= 0.6 is 0 Å². The van der Waals surface area contributed by atoms with Gasteiger partial charge in [-0.2, -0.15) is 0 Å². The standard InChI is InChI=1S/C9H6O4/c1-5(10)7-4-6-2-3-8(7)13-9(11)12-6/h2-4H,1H3. The van der Waals surface area contributed by atoms with E-state index in [0.29, 0.717) is 11.3 Å². The van der Waals surface area contributed by atoms with Crippen LogP contribution in [0.25, 0.3) is 0 Å². The highest BCUT2D eigenvalue weighted by atomic mass is 16.7. The third-order valence-electron chi connectivity index (χ3n) is 1.72. The molecule has 4 heteroatoms. The van der Waals surface area contributed by atoms with Gasteiger partial charge in [0.25, 0.3) is 0 Å². The summed E-state index contributed by atoms with van der Waals surface area (Å²) in [4.78, 5) is 21.9. The molecule has 0 N–H and O–H groups in total. The van der Waals surface area contributed by atoms with Crippen LogP contribution in [0, 0.1) is 0 Å². The molecule has 0 atom stereocenters. The zero-order chi connectivity index (χ0) is 9.42. The Kier molecular flexibility index (Phi) is 1.55. The molecular formula is C9H6O4. The van der Waals surface area contributed by atoms with Gasteiger partial charge in [-0.3, -0.25) is 4.79 Å². The van der Waals surface area contributed by atoms with Crippen molar-refractivity contribution in [1.29, 1.82) is 0 Å². The molecule has 66 valence electrons. The van der Waals surface area contributed by atoms with Crippen molar-refractivity contribution < 1.29 is 19.1 Å². The Morgan fingerprint density at radius 3 is 2.77 bits per heavy atom. The molecule has 2 aliphatic heterocycles. The molecule has 0 radical (unpaired) electrons. The van der Waals surface area contributed by atoms with Crippen LogP contribution in [0.3, 0.4) is 0 Å². The number of carbonyl (C=O) groups is 2. The van der Waals surface area contributed by atoms with Gasteiger partial charge in [0.15, 0.2) is 5.78 Å². The molecule has 2 bridgehead atoms. The number of Topliss-reactive ketones (excluding diaryl/α,β-unsaturated/α-hetero) is 1. The van der Waals surface area contributed by atoms with Gasteiger partial charge < -0.3 is 9.47 Å². The molecule has 4 nitrogen and oxygen atoms in total. The minimum Gasteiger partial charge on any atom is -0.395 e. The van der Waals surface area contributed by atoms with E-state index in [2.05, 4.69) is 0 Å². The van der Waals surface area contributed by atoms with Crippen LogP contribution in [0.2, 0.25) is 0 Å². The molecular weight excluding hydrogens is 172 g/mol. The monoisotopic (exact) mass is 178 g/mol. The minimum atomic E-state index is -0.803. The third kappa shape index (κ3) is 1.26. The number of hydrogen-bond acceptors (Lipinski definition) is 4. The Hall–Kier alpha value is -1.84. The molecule has 0 spiro atoms. The predicted molar refractivity (Wildman–Crippen MR) is 43.1 cm³/mol. The molecule has 0 unspecified atom stereocenters. The molecule has 0 saturated carbocycles. The number of carbonyl (C=O) groups excluding carboxylic acids is 2. The van der Waals surface area contributed by atoms with Gasteiger partial charge in [-0.1, -0.05) is 0 Å². The second kappa shape index (κ2) is 2.58. The van der Waals surface area contributed by atoms with Crippen LogP contribution in [-0.4, -0.2) is 11.9 Å². The fourth-order valence-corrected chi connectivity index (χ4v) is 1.14. The van der Waals surface area contributed by atoms with Gasteiger partial charge in [-0.25, -0.2) is 4.79 Å². The van der Waals surface area contributed by atoms with Crippen molar-refractivity contribution in [2.45, 2.75) is 6.92 Å². The van der Waals surface area contributed by atoms with Crippen LogP contribution in [-0.2, 0) is 0 Å². The van der Waals surface area contributed by atoms with Crippen molar-refractivity contribution in [2.75, 3.05) is 0 Å². The van der Waals surface area contributed by atoms with Crippen LogP contribution < -0.4 is 9.47 Å². The van der Waals surface area contributed by atoms with Gasteiger partial charge in [-0.05, 0) is 25.1 Å². The lowest BCUT2D eigenvalue weighted by molar-refractivity contribution is 0.101. The summed E-state index contributed by atoms with van der Waals surface area (Å²) in [7, 11) is 0. The molecule has 0 aliphatic carbocycles. The summed E-state index contributed by atoms with van der Waals surface area (Å²) in [6.07, 6.45) is -0.803. The van der Waals surface area contributed by atoms with E-state index in [4.69, 9.17) is 9.47 Å². The Labute approximate surface area is 74.1 Å². The van der Waals surface area contributed by atoms with E-state index >= 15 is 0 Å². The van der Waals surface area contributed by atoms with Gasteiger partial charge in [0.2, 0.25) is 0 Å². The van der Waals surface area contributed by atoms with E-state index in [1.807, 2.05) is 0 Å².